The number of nitrogens with two attached hydrogens (primary N) is 1. The molecule has 1 aromatic rings. The molecule has 108 valence electrons. The van der Waals surface area contributed by atoms with Crippen LogP contribution in [0.4, 0.5) is 5.69 Å². The molecule has 0 amide bonds. The first-order valence-electron chi connectivity index (χ1n) is 6.16. The van der Waals surface area contributed by atoms with Gasteiger partial charge in [0.2, 0.25) is 0 Å². The number of ether oxygens (including phenoxy) is 1. The Bertz CT molecular complexity index is 473. The molecule has 0 saturated carbocycles. The number of hydrogen-bond donors (Lipinski definition) is 2. The number of rotatable bonds is 8. The second-order valence-electron chi connectivity index (χ2n) is 4.03. The molecule has 0 unspecified atom stereocenters. The van der Waals surface area contributed by atoms with Crippen LogP contribution in [0.5, 0.6) is 5.75 Å². The van der Waals surface area contributed by atoms with Gasteiger partial charge in [-0.1, -0.05) is 0 Å². The molecule has 0 spiro atoms. The van der Waals surface area contributed by atoms with E-state index in [2.05, 4.69) is 4.72 Å². The van der Waals surface area contributed by atoms with E-state index in [0.29, 0.717) is 37.6 Å². The summed E-state index contributed by atoms with van der Waals surface area (Å²) in [5, 5.41) is 0. The fourth-order valence-electron chi connectivity index (χ4n) is 1.45. The molecular formula is C12H21N3O3S. The van der Waals surface area contributed by atoms with Gasteiger partial charge in [-0.05, 0) is 44.2 Å². The molecule has 6 nitrogen and oxygen atoms in total. The van der Waals surface area contributed by atoms with Crippen molar-refractivity contribution in [3.8, 4) is 5.75 Å². The lowest BCUT2D eigenvalue weighted by Gasteiger charge is -2.18. The van der Waals surface area contributed by atoms with E-state index in [4.69, 9.17) is 10.5 Å². The maximum absolute atomic E-state index is 12.0. The van der Waals surface area contributed by atoms with E-state index in [0.717, 1.165) is 0 Å². The van der Waals surface area contributed by atoms with Gasteiger partial charge in [-0.25, -0.2) is 0 Å². The molecule has 1 rings (SSSR count). The number of nitrogens with zero attached hydrogens (tertiary/aromatic N) is 1. The fraction of sp³-hybridized carbons (Fsp3) is 0.500. The van der Waals surface area contributed by atoms with Crippen LogP contribution < -0.4 is 15.2 Å². The van der Waals surface area contributed by atoms with E-state index >= 15 is 0 Å². The molecule has 1 aromatic carbocycles. The van der Waals surface area contributed by atoms with Crippen molar-refractivity contribution in [2.24, 2.45) is 5.73 Å². The highest BCUT2D eigenvalue weighted by Crippen LogP contribution is 2.17. The van der Waals surface area contributed by atoms with Crippen LogP contribution in [-0.4, -0.2) is 39.5 Å². The molecule has 0 aromatic heterocycles. The van der Waals surface area contributed by atoms with E-state index in [1.807, 2.05) is 6.92 Å². The van der Waals surface area contributed by atoms with Gasteiger partial charge >= 0.3 is 10.2 Å². The van der Waals surface area contributed by atoms with E-state index in [9.17, 15) is 8.42 Å². The third kappa shape index (κ3) is 5.06. The van der Waals surface area contributed by atoms with Gasteiger partial charge in [-0.3, -0.25) is 4.72 Å². The summed E-state index contributed by atoms with van der Waals surface area (Å²) >= 11 is 0. The van der Waals surface area contributed by atoms with E-state index < -0.39 is 10.2 Å². The van der Waals surface area contributed by atoms with Crippen molar-refractivity contribution in [2.45, 2.75) is 13.3 Å². The minimum absolute atomic E-state index is 0.392. The summed E-state index contributed by atoms with van der Waals surface area (Å²) in [6.45, 7) is 3.32. The molecule has 0 aliphatic rings. The van der Waals surface area contributed by atoms with Crippen LogP contribution >= 0.6 is 0 Å². The van der Waals surface area contributed by atoms with E-state index in [-0.39, 0.29) is 0 Å². The Hall–Kier alpha value is -1.31. The normalized spacial score (nSPS) is 11.6. The van der Waals surface area contributed by atoms with Crippen LogP contribution in [0.25, 0.3) is 0 Å². The van der Waals surface area contributed by atoms with Crippen LogP contribution in [0.3, 0.4) is 0 Å². The van der Waals surface area contributed by atoms with Gasteiger partial charge in [-0.15, -0.1) is 0 Å². The predicted molar refractivity (Wildman–Crippen MR) is 76.5 cm³/mol. The van der Waals surface area contributed by atoms with Crippen molar-refractivity contribution < 1.29 is 13.2 Å². The first-order chi connectivity index (χ1) is 8.99. The average Bonchev–Trinajstić information content (AvgIpc) is 2.38. The first kappa shape index (κ1) is 15.7. The Morgan fingerprint density at radius 1 is 1.32 bits per heavy atom. The number of benzene rings is 1. The summed E-state index contributed by atoms with van der Waals surface area (Å²) in [6, 6.07) is 6.78. The summed E-state index contributed by atoms with van der Waals surface area (Å²) in [5.74, 6) is 0.710. The highest BCUT2D eigenvalue weighted by molar-refractivity contribution is 7.90. The van der Waals surface area contributed by atoms with Crippen molar-refractivity contribution in [2.75, 3.05) is 31.5 Å². The van der Waals surface area contributed by atoms with Crippen LogP contribution in [0, 0.1) is 0 Å². The Labute approximate surface area is 114 Å². The van der Waals surface area contributed by atoms with Crippen molar-refractivity contribution in [1.29, 1.82) is 0 Å². The summed E-state index contributed by atoms with van der Waals surface area (Å²) in [4.78, 5) is 0. The topological polar surface area (TPSA) is 84.7 Å². The smallest absolute Gasteiger partial charge is 0.301 e. The highest BCUT2D eigenvalue weighted by atomic mass is 32.2. The minimum atomic E-state index is -3.52. The molecule has 0 saturated heterocycles. The van der Waals surface area contributed by atoms with E-state index in [1.54, 1.807) is 24.3 Å². The summed E-state index contributed by atoms with van der Waals surface area (Å²) in [6.07, 6.45) is 0.626. The number of hydrogen-bond acceptors (Lipinski definition) is 4. The van der Waals surface area contributed by atoms with Crippen LogP contribution in [-0.2, 0) is 10.2 Å². The second kappa shape index (κ2) is 7.32. The van der Waals surface area contributed by atoms with E-state index in [1.165, 1.54) is 11.4 Å². The lowest BCUT2D eigenvalue weighted by molar-refractivity contribution is 0.340. The van der Waals surface area contributed by atoms with Gasteiger partial charge in [-0.2, -0.15) is 12.7 Å². The largest absolute Gasteiger partial charge is 0.494 e. The van der Waals surface area contributed by atoms with Crippen molar-refractivity contribution >= 4 is 15.9 Å². The van der Waals surface area contributed by atoms with Crippen molar-refractivity contribution in [1.82, 2.24) is 4.31 Å². The predicted octanol–water partition coefficient (Wildman–Crippen LogP) is 1.02. The van der Waals surface area contributed by atoms with Crippen LogP contribution in [0.1, 0.15) is 13.3 Å². The van der Waals surface area contributed by atoms with Gasteiger partial charge in [0, 0.05) is 13.6 Å². The molecular weight excluding hydrogens is 266 g/mol. The number of anilines is 1. The summed E-state index contributed by atoms with van der Waals surface area (Å²) < 4.78 is 33.0. The van der Waals surface area contributed by atoms with Gasteiger partial charge in [0.25, 0.3) is 0 Å². The molecule has 0 atom stereocenters. The standard InChI is InChI=1S/C12H21N3O3S/c1-3-18-12-7-5-11(6-8-12)14-19(16,17)15(2)10-4-9-13/h5-8,14H,3-4,9-10,13H2,1-2H3. The fourth-order valence-corrected chi connectivity index (χ4v) is 2.41. The lowest BCUT2D eigenvalue weighted by atomic mass is 10.3. The lowest BCUT2D eigenvalue weighted by Crippen LogP contribution is -2.34. The van der Waals surface area contributed by atoms with Gasteiger partial charge in [0.15, 0.2) is 0 Å². The Balaban J connectivity index is 2.67. The second-order valence-corrected chi connectivity index (χ2v) is 5.81. The zero-order valence-corrected chi connectivity index (χ0v) is 12.1. The SMILES string of the molecule is CCOc1ccc(NS(=O)(=O)N(C)CCCN)cc1. The van der Waals surface area contributed by atoms with Gasteiger partial charge < -0.3 is 10.5 Å². The maximum Gasteiger partial charge on any atom is 0.301 e. The molecule has 3 N–H and O–H groups in total. The Morgan fingerprint density at radius 2 is 1.95 bits per heavy atom. The minimum Gasteiger partial charge on any atom is -0.494 e. The molecule has 0 bridgehead atoms. The Morgan fingerprint density at radius 3 is 2.47 bits per heavy atom. The van der Waals surface area contributed by atoms with Gasteiger partial charge in [0.1, 0.15) is 5.75 Å². The molecule has 7 heteroatoms. The first-order valence-corrected chi connectivity index (χ1v) is 7.60. The number of nitrogens with one attached hydrogen (secondary N) is 1. The molecule has 0 aliphatic carbocycles. The molecule has 0 radical (unpaired) electrons. The quantitative estimate of drug-likeness (QED) is 0.747. The molecule has 19 heavy (non-hydrogen) atoms. The molecule has 0 fully saturated rings. The van der Waals surface area contributed by atoms with Crippen LogP contribution in [0.15, 0.2) is 24.3 Å². The molecule has 0 aliphatic heterocycles. The molecule has 0 heterocycles. The zero-order valence-electron chi connectivity index (χ0n) is 11.3. The van der Waals surface area contributed by atoms with Crippen molar-refractivity contribution in [3.63, 3.8) is 0 Å². The monoisotopic (exact) mass is 287 g/mol. The third-order valence-electron chi connectivity index (χ3n) is 2.50. The average molecular weight is 287 g/mol. The third-order valence-corrected chi connectivity index (χ3v) is 4.00. The maximum atomic E-state index is 12.0. The summed E-state index contributed by atoms with van der Waals surface area (Å²) in [7, 11) is -2.00. The highest BCUT2D eigenvalue weighted by Gasteiger charge is 2.16. The Kier molecular flexibility index (Phi) is 6.07. The van der Waals surface area contributed by atoms with Crippen LogP contribution in [0.2, 0.25) is 0 Å². The summed E-state index contributed by atoms with van der Waals surface area (Å²) in [5.41, 5.74) is 5.86. The van der Waals surface area contributed by atoms with Gasteiger partial charge in [0.05, 0.1) is 12.3 Å². The van der Waals surface area contributed by atoms with Crippen molar-refractivity contribution in [3.05, 3.63) is 24.3 Å². The zero-order chi connectivity index (χ0) is 14.3.